The van der Waals surface area contributed by atoms with Gasteiger partial charge in [0.05, 0.1) is 5.60 Å². The predicted molar refractivity (Wildman–Crippen MR) is 73.5 cm³/mol. The van der Waals surface area contributed by atoms with Crippen LogP contribution in [0.1, 0.15) is 61.3 Å². The largest absolute Gasteiger partial charge is 0.387 e. The molecule has 0 heterocycles. The van der Waals surface area contributed by atoms with Gasteiger partial charge in [0.2, 0.25) is 0 Å². The van der Waals surface area contributed by atoms with Gasteiger partial charge in [0.25, 0.3) is 0 Å². The molecule has 1 aromatic carbocycles. The molecule has 0 amide bonds. The first-order valence-corrected chi connectivity index (χ1v) is 7.00. The number of aliphatic hydroxyl groups excluding tert-OH is 1. The second-order valence-corrected chi connectivity index (χ2v) is 5.76. The highest BCUT2D eigenvalue weighted by molar-refractivity contribution is 5.32. The zero-order valence-electron chi connectivity index (χ0n) is 11.4. The zero-order valence-corrected chi connectivity index (χ0v) is 11.4. The number of benzene rings is 1. The molecule has 18 heavy (non-hydrogen) atoms. The fourth-order valence-electron chi connectivity index (χ4n) is 2.86. The summed E-state index contributed by atoms with van der Waals surface area (Å²) in [6.07, 6.45) is 5.03. The molecule has 1 aliphatic rings. The summed E-state index contributed by atoms with van der Waals surface area (Å²) in [4.78, 5) is 0. The Morgan fingerprint density at radius 1 is 1.00 bits per heavy atom. The van der Waals surface area contributed by atoms with E-state index in [1.54, 1.807) is 0 Å². The van der Waals surface area contributed by atoms with Gasteiger partial charge < -0.3 is 10.2 Å². The van der Waals surface area contributed by atoms with Crippen LogP contribution in [-0.4, -0.2) is 15.8 Å². The maximum atomic E-state index is 10.7. The lowest BCUT2D eigenvalue weighted by Crippen LogP contribution is -2.35. The lowest BCUT2D eigenvalue weighted by Gasteiger charge is -2.32. The van der Waals surface area contributed by atoms with Crippen LogP contribution in [0.4, 0.5) is 0 Å². The molecular weight excluding hydrogens is 224 g/mol. The summed E-state index contributed by atoms with van der Waals surface area (Å²) >= 11 is 0. The molecule has 1 aromatic rings. The first-order valence-electron chi connectivity index (χ1n) is 7.00. The Kier molecular flexibility index (Phi) is 4.08. The van der Waals surface area contributed by atoms with Crippen molar-refractivity contribution in [3.8, 4) is 0 Å². The monoisotopic (exact) mass is 248 g/mol. The Morgan fingerprint density at radius 2 is 1.61 bits per heavy atom. The smallest absolute Gasteiger partial charge is 0.108 e. The number of aliphatic hydroxyl groups is 2. The minimum atomic E-state index is -0.932. The average Bonchev–Trinajstić information content (AvgIpc) is 2.58. The van der Waals surface area contributed by atoms with E-state index < -0.39 is 11.7 Å². The normalized spacial score (nSPS) is 21.3. The molecular formula is C16H24O2. The third-order valence-electron chi connectivity index (χ3n) is 4.33. The van der Waals surface area contributed by atoms with Crippen molar-refractivity contribution >= 4 is 0 Å². The number of aryl methyl sites for hydroxylation is 2. The van der Waals surface area contributed by atoms with Gasteiger partial charge in [0, 0.05) is 0 Å². The fourth-order valence-corrected chi connectivity index (χ4v) is 2.86. The highest BCUT2D eigenvalue weighted by Gasteiger charge is 2.36. The molecule has 100 valence electrons. The number of rotatable bonds is 2. The average molecular weight is 248 g/mol. The van der Waals surface area contributed by atoms with Gasteiger partial charge in [0.15, 0.2) is 0 Å². The molecule has 1 atom stereocenters. The summed E-state index contributed by atoms with van der Waals surface area (Å²) in [5, 5.41) is 21.2. The van der Waals surface area contributed by atoms with Gasteiger partial charge in [-0.05, 0) is 43.4 Å². The lowest BCUT2D eigenvalue weighted by atomic mass is 9.84. The molecule has 0 radical (unpaired) electrons. The second kappa shape index (κ2) is 5.41. The summed E-state index contributed by atoms with van der Waals surface area (Å²) < 4.78 is 0. The summed E-state index contributed by atoms with van der Waals surface area (Å²) in [5.41, 5.74) is 2.31. The molecule has 1 fully saturated rings. The molecule has 2 rings (SSSR count). The van der Waals surface area contributed by atoms with E-state index in [4.69, 9.17) is 0 Å². The van der Waals surface area contributed by atoms with Crippen LogP contribution in [0.15, 0.2) is 18.2 Å². The summed E-state index contributed by atoms with van der Waals surface area (Å²) in [6, 6.07) is 5.96. The van der Waals surface area contributed by atoms with Gasteiger partial charge in [-0.25, -0.2) is 0 Å². The quantitative estimate of drug-likeness (QED) is 0.787. The van der Waals surface area contributed by atoms with Gasteiger partial charge in [-0.1, -0.05) is 43.9 Å². The molecule has 1 aliphatic carbocycles. The summed E-state index contributed by atoms with van der Waals surface area (Å²) in [7, 11) is 0. The van der Waals surface area contributed by atoms with Crippen molar-refractivity contribution < 1.29 is 10.2 Å². The summed E-state index contributed by atoms with van der Waals surface area (Å²) in [6.45, 7) is 4.11. The van der Waals surface area contributed by atoms with Crippen LogP contribution in [0.2, 0.25) is 0 Å². The van der Waals surface area contributed by atoms with E-state index in [2.05, 4.69) is 6.92 Å². The highest BCUT2D eigenvalue weighted by Crippen LogP contribution is 2.37. The molecule has 0 aromatic heterocycles. The maximum Gasteiger partial charge on any atom is 0.108 e. The van der Waals surface area contributed by atoms with E-state index in [-0.39, 0.29) is 0 Å². The predicted octanol–water partition coefficient (Wildman–Crippen LogP) is 3.42. The molecule has 2 heteroatoms. The number of hydrogen-bond donors (Lipinski definition) is 2. The van der Waals surface area contributed by atoms with Crippen LogP contribution in [0.3, 0.4) is 0 Å². The van der Waals surface area contributed by atoms with E-state index in [1.165, 1.54) is 24.0 Å². The van der Waals surface area contributed by atoms with E-state index in [0.717, 1.165) is 18.4 Å². The highest BCUT2D eigenvalue weighted by atomic mass is 16.3. The van der Waals surface area contributed by atoms with Crippen molar-refractivity contribution in [1.29, 1.82) is 0 Å². The molecule has 0 bridgehead atoms. The SMILES string of the molecule is Cc1ccc(C(O)C2(O)CCCCCC2)cc1C. The molecule has 1 saturated carbocycles. The lowest BCUT2D eigenvalue weighted by molar-refractivity contribution is -0.0867. The minimum Gasteiger partial charge on any atom is -0.387 e. The Morgan fingerprint density at radius 3 is 2.17 bits per heavy atom. The van der Waals surface area contributed by atoms with Crippen LogP contribution in [-0.2, 0) is 0 Å². The first-order chi connectivity index (χ1) is 8.53. The van der Waals surface area contributed by atoms with Crippen LogP contribution in [0, 0.1) is 13.8 Å². The Hall–Kier alpha value is -0.860. The first kappa shape index (κ1) is 13.6. The topological polar surface area (TPSA) is 40.5 Å². The molecule has 1 unspecified atom stereocenters. The Labute approximate surface area is 110 Å². The molecule has 0 spiro atoms. The van der Waals surface area contributed by atoms with Crippen molar-refractivity contribution in [2.75, 3.05) is 0 Å². The number of hydrogen-bond acceptors (Lipinski definition) is 2. The Bertz CT molecular complexity index is 404. The molecule has 2 nitrogen and oxygen atoms in total. The van der Waals surface area contributed by atoms with Crippen molar-refractivity contribution in [3.63, 3.8) is 0 Å². The maximum absolute atomic E-state index is 10.7. The minimum absolute atomic E-state index is 0.709. The van der Waals surface area contributed by atoms with Crippen LogP contribution in [0.25, 0.3) is 0 Å². The second-order valence-electron chi connectivity index (χ2n) is 5.76. The van der Waals surface area contributed by atoms with Gasteiger partial charge in [-0.2, -0.15) is 0 Å². The van der Waals surface area contributed by atoms with E-state index >= 15 is 0 Å². The van der Waals surface area contributed by atoms with Gasteiger partial charge in [-0.15, -0.1) is 0 Å². The van der Waals surface area contributed by atoms with Crippen molar-refractivity contribution in [2.24, 2.45) is 0 Å². The fraction of sp³-hybridized carbons (Fsp3) is 0.625. The van der Waals surface area contributed by atoms with Crippen molar-refractivity contribution in [2.45, 2.75) is 64.1 Å². The molecule has 0 aliphatic heterocycles. The van der Waals surface area contributed by atoms with Gasteiger partial charge in [-0.3, -0.25) is 0 Å². The van der Waals surface area contributed by atoms with E-state index in [9.17, 15) is 10.2 Å². The van der Waals surface area contributed by atoms with E-state index in [0.29, 0.717) is 12.8 Å². The third kappa shape index (κ3) is 2.76. The van der Waals surface area contributed by atoms with Gasteiger partial charge in [0.1, 0.15) is 6.10 Å². The van der Waals surface area contributed by atoms with Crippen LogP contribution < -0.4 is 0 Å². The standard InChI is InChI=1S/C16H24O2/c1-12-7-8-14(11-13(12)2)15(17)16(18)9-5-3-4-6-10-16/h7-8,11,15,17-18H,3-6,9-10H2,1-2H3. The van der Waals surface area contributed by atoms with Gasteiger partial charge >= 0.3 is 0 Å². The zero-order chi connectivity index (χ0) is 13.2. The van der Waals surface area contributed by atoms with Crippen molar-refractivity contribution in [3.05, 3.63) is 34.9 Å². The van der Waals surface area contributed by atoms with E-state index in [1.807, 2.05) is 25.1 Å². The Balaban J connectivity index is 2.22. The van der Waals surface area contributed by atoms with Crippen molar-refractivity contribution in [1.82, 2.24) is 0 Å². The molecule has 2 N–H and O–H groups in total. The van der Waals surface area contributed by atoms with Crippen LogP contribution >= 0.6 is 0 Å². The molecule has 0 saturated heterocycles. The van der Waals surface area contributed by atoms with Crippen LogP contribution in [0.5, 0.6) is 0 Å². The third-order valence-corrected chi connectivity index (χ3v) is 4.33. The summed E-state index contributed by atoms with van der Waals surface area (Å²) in [5.74, 6) is 0.